The summed E-state index contributed by atoms with van der Waals surface area (Å²) in [6.45, 7) is 5.49. The fourth-order valence-electron chi connectivity index (χ4n) is 3.03. The number of hydrazine groups is 1. The second-order valence-electron chi connectivity index (χ2n) is 6.45. The molecule has 28 heavy (non-hydrogen) atoms. The lowest BCUT2D eigenvalue weighted by atomic mass is 10.2. The van der Waals surface area contributed by atoms with Crippen molar-refractivity contribution in [3.63, 3.8) is 0 Å². The van der Waals surface area contributed by atoms with Gasteiger partial charge in [-0.15, -0.1) is 4.83 Å². The monoisotopic (exact) mass is 417 g/mol. The predicted molar refractivity (Wildman–Crippen MR) is 109 cm³/mol. The lowest BCUT2D eigenvalue weighted by Crippen LogP contribution is -2.41. The minimum atomic E-state index is -4.00. The molecule has 1 aromatic heterocycles. The Bertz CT molecular complexity index is 1140. The van der Waals surface area contributed by atoms with E-state index in [9.17, 15) is 13.2 Å². The zero-order valence-electron chi connectivity index (χ0n) is 15.7. The fourth-order valence-corrected chi connectivity index (χ4v) is 4.47. The number of halogens is 1. The van der Waals surface area contributed by atoms with Gasteiger partial charge in [-0.2, -0.15) is 0 Å². The first kappa shape index (κ1) is 20.1. The summed E-state index contributed by atoms with van der Waals surface area (Å²) in [7, 11) is -4.00. The van der Waals surface area contributed by atoms with Gasteiger partial charge in [-0.1, -0.05) is 35.9 Å². The molecule has 1 heterocycles. The predicted octanol–water partition coefficient (Wildman–Crippen LogP) is 3.68. The summed E-state index contributed by atoms with van der Waals surface area (Å²) in [4.78, 5) is 14.6. The van der Waals surface area contributed by atoms with Crippen molar-refractivity contribution >= 4 is 27.5 Å². The molecule has 0 saturated carbocycles. The SMILES string of the molecule is Cc1ccc(S(=O)(=O)NNC(=O)c2cc(C)n(-c3ccccc3)c2C)c(Cl)c1. The maximum Gasteiger partial charge on any atom is 0.268 e. The summed E-state index contributed by atoms with van der Waals surface area (Å²) in [6.07, 6.45) is 0. The number of nitrogens with one attached hydrogen (secondary N) is 2. The molecule has 0 aliphatic rings. The van der Waals surface area contributed by atoms with Crippen LogP contribution in [0.3, 0.4) is 0 Å². The second kappa shape index (κ2) is 7.79. The molecule has 0 fully saturated rings. The number of hydrogen-bond donors (Lipinski definition) is 2. The van der Waals surface area contributed by atoms with Crippen LogP contribution < -0.4 is 10.3 Å². The Morgan fingerprint density at radius 3 is 2.32 bits per heavy atom. The number of aromatic nitrogens is 1. The molecule has 0 atom stereocenters. The molecule has 0 radical (unpaired) electrons. The molecule has 6 nitrogen and oxygen atoms in total. The summed E-state index contributed by atoms with van der Waals surface area (Å²) in [5, 5.41) is 0.0870. The number of aryl methyl sites for hydroxylation is 2. The Morgan fingerprint density at radius 2 is 1.68 bits per heavy atom. The second-order valence-corrected chi connectivity index (χ2v) is 8.51. The van der Waals surface area contributed by atoms with Crippen molar-refractivity contribution in [2.45, 2.75) is 25.7 Å². The Balaban J connectivity index is 1.82. The highest BCUT2D eigenvalue weighted by atomic mass is 35.5. The molecule has 1 amide bonds. The third-order valence-corrected chi connectivity index (χ3v) is 6.10. The average molecular weight is 418 g/mol. The Kier molecular flexibility index (Phi) is 5.60. The van der Waals surface area contributed by atoms with E-state index in [-0.39, 0.29) is 9.92 Å². The van der Waals surface area contributed by atoms with Crippen molar-refractivity contribution in [3.05, 3.63) is 82.1 Å². The maximum atomic E-state index is 12.6. The largest absolute Gasteiger partial charge is 0.318 e. The van der Waals surface area contributed by atoms with E-state index in [1.807, 2.05) is 41.8 Å². The number of carbonyl (C=O) groups excluding carboxylic acids is 1. The highest BCUT2D eigenvalue weighted by Gasteiger charge is 2.21. The van der Waals surface area contributed by atoms with Crippen molar-refractivity contribution in [1.29, 1.82) is 0 Å². The molecule has 0 saturated heterocycles. The Hall–Kier alpha value is -2.61. The molecule has 0 spiro atoms. The fraction of sp³-hybridized carbons (Fsp3) is 0.150. The van der Waals surface area contributed by atoms with Crippen molar-refractivity contribution in [2.24, 2.45) is 0 Å². The van der Waals surface area contributed by atoms with E-state index in [1.54, 1.807) is 32.0 Å². The third-order valence-electron chi connectivity index (χ3n) is 4.37. The van der Waals surface area contributed by atoms with Gasteiger partial charge in [0, 0.05) is 17.1 Å². The first-order valence-electron chi connectivity index (χ1n) is 8.53. The summed E-state index contributed by atoms with van der Waals surface area (Å²) < 4.78 is 26.9. The van der Waals surface area contributed by atoms with Gasteiger partial charge in [0.25, 0.3) is 15.9 Å². The average Bonchev–Trinajstić information content (AvgIpc) is 2.94. The van der Waals surface area contributed by atoms with Crippen LogP contribution in [0.4, 0.5) is 0 Å². The molecule has 8 heteroatoms. The lowest BCUT2D eigenvalue weighted by Gasteiger charge is -2.11. The van der Waals surface area contributed by atoms with Gasteiger partial charge in [-0.05, 0) is 56.7 Å². The van der Waals surface area contributed by atoms with Gasteiger partial charge in [-0.25, -0.2) is 8.42 Å². The number of benzene rings is 2. The first-order valence-corrected chi connectivity index (χ1v) is 10.4. The van der Waals surface area contributed by atoms with Crippen LogP contribution in [0.1, 0.15) is 27.3 Å². The normalized spacial score (nSPS) is 11.4. The van der Waals surface area contributed by atoms with Gasteiger partial charge in [0.15, 0.2) is 0 Å². The number of hydrogen-bond acceptors (Lipinski definition) is 3. The number of nitrogens with zero attached hydrogens (tertiary/aromatic N) is 1. The van der Waals surface area contributed by atoms with Crippen LogP contribution in [0.5, 0.6) is 0 Å². The molecular formula is C20H20ClN3O3S. The van der Waals surface area contributed by atoms with E-state index in [2.05, 4.69) is 10.3 Å². The number of para-hydroxylation sites is 1. The van der Waals surface area contributed by atoms with Crippen LogP contribution in [0.15, 0.2) is 59.5 Å². The highest BCUT2D eigenvalue weighted by molar-refractivity contribution is 7.89. The lowest BCUT2D eigenvalue weighted by molar-refractivity contribution is 0.0944. The van der Waals surface area contributed by atoms with Gasteiger partial charge in [0.05, 0.1) is 10.6 Å². The molecule has 146 valence electrons. The van der Waals surface area contributed by atoms with Gasteiger partial charge < -0.3 is 4.57 Å². The molecule has 3 aromatic rings. The standard InChI is InChI=1S/C20H20ClN3O3S/c1-13-9-10-19(18(21)11-13)28(26,27)23-22-20(25)17-12-14(2)24(15(17)3)16-7-5-4-6-8-16/h4-12,23H,1-3H3,(H,22,25). The van der Waals surface area contributed by atoms with E-state index in [4.69, 9.17) is 11.6 Å². The third kappa shape index (κ3) is 3.96. The number of rotatable bonds is 5. The van der Waals surface area contributed by atoms with Gasteiger partial charge in [0.2, 0.25) is 0 Å². The van der Waals surface area contributed by atoms with Crippen molar-refractivity contribution < 1.29 is 13.2 Å². The van der Waals surface area contributed by atoms with Crippen LogP contribution in [0.25, 0.3) is 5.69 Å². The van der Waals surface area contributed by atoms with Crippen LogP contribution >= 0.6 is 11.6 Å². The zero-order valence-corrected chi connectivity index (χ0v) is 17.2. The molecule has 0 bridgehead atoms. The Labute approximate surface area is 169 Å². The van der Waals surface area contributed by atoms with Gasteiger partial charge in [-0.3, -0.25) is 10.2 Å². The van der Waals surface area contributed by atoms with E-state index < -0.39 is 15.9 Å². The van der Waals surface area contributed by atoms with Crippen LogP contribution in [0.2, 0.25) is 5.02 Å². The molecule has 3 rings (SSSR count). The summed E-state index contributed by atoms with van der Waals surface area (Å²) in [6, 6.07) is 15.9. The number of sulfonamides is 1. The molecular weight excluding hydrogens is 398 g/mol. The topological polar surface area (TPSA) is 80.2 Å². The van der Waals surface area contributed by atoms with E-state index in [0.29, 0.717) is 11.3 Å². The minimum absolute atomic E-state index is 0.0870. The zero-order chi connectivity index (χ0) is 20.5. The summed E-state index contributed by atoms with van der Waals surface area (Å²) in [5.74, 6) is -0.554. The smallest absolute Gasteiger partial charge is 0.268 e. The van der Waals surface area contributed by atoms with E-state index in [0.717, 1.165) is 16.9 Å². The van der Waals surface area contributed by atoms with Crippen LogP contribution in [-0.4, -0.2) is 18.9 Å². The van der Waals surface area contributed by atoms with E-state index in [1.165, 1.54) is 6.07 Å². The van der Waals surface area contributed by atoms with E-state index >= 15 is 0 Å². The first-order chi connectivity index (χ1) is 13.2. The molecule has 2 aromatic carbocycles. The molecule has 0 unspecified atom stereocenters. The van der Waals surface area contributed by atoms with Gasteiger partial charge >= 0.3 is 0 Å². The maximum absolute atomic E-state index is 12.6. The number of amides is 1. The van der Waals surface area contributed by atoms with Crippen LogP contribution in [0, 0.1) is 20.8 Å². The van der Waals surface area contributed by atoms with Crippen molar-refractivity contribution in [1.82, 2.24) is 14.8 Å². The van der Waals surface area contributed by atoms with Crippen molar-refractivity contribution in [2.75, 3.05) is 0 Å². The Morgan fingerprint density at radius 1 is 1.00 bits per heavy atom. The van der Waals surface area contributed by atoms with Crippen molar-refractivity contribution in [3.8, 4) is 5.69 Å². The molecule has 0 aliphatic carbocycles. The highest BCUT2D eigenvalue weighted by Crippen LogP contribution is 2.23. The molecule has 0 aliphatic heterocycles. The summed E-state index contributed by atoms with van der Waals surface area (Å²) in [5.41, 5.74) is 5.95. The minimum Gasteiger partial charge on any atom is -0.318 e. The summed E-state index contributed by atoms with van der Waals surface area (Å²) >= 11 is 6.03. The van der Waals surface area contributed by atoms with Crippen LogP contribution in [-0.2, 0) is 10.0 Å². The molecule has 2 N–H and O–H groups in total. The van der Waals surface area contributed by atoms with Gasteiger partial charge in [0.1, 0.15) is 4.90 Å². The quantitative estimate of drug-likeness (QED) is 0.621. The number of carbonyl (C=O) groups is 1.